The first-order chi connectivity index (χ1) is 16.3. The van der Waals surface area contributed by atoms with Crippen LogP contribution in [0.15, 0.2) is 0 Å². The molecule has 2 heterocycles. The van der Waals surface area contributed by atoms with Gasteiger partial charge >= 0.3 is 100 Å². The van der Waals surface area contributed by atoms with Crippen LogP contribution in [0.1, 0.15) is 0 Å². The SMILES string of the molecule is CN1CCN(C)CCN(C)CC1.CN1CCN(C)CCN(C)CC1.F[P-](F)(F)(F)(F)F.F[P-](F)(F)(F)(F)F.O.O.O.[Mn+3].[Mn+3]. The summed E-state index contributed by atoms with van der Waals surface area (Å²) >= 11 is 0. The summed E-state index contributed by atoms with van der Waals surface area (Å²) in [6, 6.07) is 0. The van der Waals surface area contributed by atoms with E-state index in [1.54, 1.807) is 0 Å². The summed E-state index contributed by atoms with van der Waals surface area (Å²) in [6.45, 7) is 14.4. The van der Waals surface area contributed by atoms with Crippen LogP contribution in [0.4, 0.5) is 50.4 Å². The van der Waals surface area contributed by atoms with Crippen LogP contribution in [-0.2, 0) is 34.1 Å². The Morgan fingerprint density at radius 3 is 0.372 bits per heavy atom. The fourth-order valence-electron chi connectivity index (χ4n) is 2.72. The zero-order chi connectivity index (χ0) is 30.8. The summed E-state index contributed by atoms with van der Waals surface area (Å²) in [7, 11) is -8.11. The molecule has 2 fully saturated rings. The van der Waals surface area contributed by atoms with Crippen molar-refractivity contribution in [3.8, 4) is 0 Å². The van der Waals surface area contributed by atoms with E-state index in [9.17, 15) is 50.4 Å². The Balaban J connectivity index is -0.0000000797. The molecule has 0 atom stereocenters. The first-order valence-electron chi connectivity index (χ1n) is 11.5. The van der Waals surface area contributed by atoms with Crippen molar-refractivity contribution in [2.45, 2.75) is 0 Å². The van der Waals surface area contributed by atoms with Crippen molar-refractivity contribution >= 4 is 15.6 Å². The summed E-state index contributed by atoms with van der Waals surface area (Å²) < 4.78 is 118. The van der Waals surface area contributed by atoms with E-state index in [2.05, 4.69) is 71.7 Å². The monoisotopic (exact) mass is 796 g/mol. The second kappa shape index (κ2) is 20.2. The Bertz CT molecular complexity index is 551. The van der Waals surface area contributed by atoms with Gasteiger partial charge in [0.05, 0.1) is 0 Å². The van der Waals surface area contributed by atoms with E-state index >= 15 is 0 Å². The fourth-order valence-corrected chi connectivity index (χ4v) is 2.72. The number of halogens is 12. The van der Waals surface area contributed by atoms with Gasteiger partial charge in [0.1, 0.15) is 0 Å². The molecule has 2 aliphatic heterocycles. The van der Waals surface area contributed by atoms with E-state index in [4.69, 9.17) is 0 Å². The zero-order valence-electron chi connectivity index (χ0n) is 24.9. The molecule has 6 N–H and O–H groups in total. The van der Waals surface area contributed by atoms with Crippen molar-refractivity contribution in [3.63, 3.8) is 0 Å². The van der Waals surface area contributed by atoms with Gasteiger partial charge in [0.25, 0.3) is 0 Å². The standard InChI is InChI=1S/2C9H21N3.2F6P.2Mn.3H2O/c2*1-10-4-6-11(2)8-9-12(3)7-5-10;2*1-7(2,3,4,5)6;;;;;/h2*4-9H2,1-3H3;;;;;3*1H2/q;;2*-1;2*+3;;;. The maximum atomic E-state index is 9.87. The molecule has 0 unspecified atom stereocenters. The zero-order valence-corrected chi connectivity index (χ0v) is 29.0. The summed E-state index contributed by atoms with van der Waals surface area (Å²) in [4.78, 5) is 14.4. The molecule has 0 radical (unpaired) electrons. The Morgan fingerprint density at radius 2 is 0.326 bits per heavy atom. The first kappa shape index (κ1) is 59.2. The molecular weight excluding hydrogens is 748 g/mol. The molecule has 0 aromatic heterocycles. The number of nitrogens with zero attached hydrogens (tertiary/aromatic N) is 6. The predicted molar refractivity (Wildman–Crippen MR) is 143 cm³/mol. The van der Waals surface area contributed by atoms with Crippen molar-refractivity contribution in [2.75, 3.05) is 121 Å². The van der Waals surface area contributed by atoms with Gasteiger partial charge in [-0.25, -0.2) is 0 Å². The van der Waals surface area contributed by atoms with Gasteiger partial charge in [-0.1, -0.05) is 0 Å². The molecule has 0 spiro atoms. The van der Waals surface area contributed by atoms with Crippen molar-refractivity contribution in [1.29, 1.82) is 0 Å². The molecule has 2 rings (SSSR count). The third-order valence-electron chi connectivity index (χ3n) is 5.18. The molecule has 25 heteroatoms. The van der Waals surface area contributed by atoms with Crippen molar-refractivity contribution in [2.24, 2.45) is 0 Å². The van der Waals surface area contributed by atoms with Gasteiger partial charge in [-0.3, -0.25) is 0 Å². The Kier molecular flexibility index (Phi) is 27.7. The minimum absolute atomic E-state index is 0. The quantitative estimate of drug-likeness (QED) is 0.209. The van der Waals surface area contributed by atoms with E-state index in [1.807, 2.05) is 0 Å². The third-order valence-corrected chi connectivity index (χ3v) is 5.18. The predicted octanol–water partition coefficient (Wildman–Crippen LogP) is 3.88. The van der Waals surface area contributed by atoms with Gasteiger partial charge in [-0.05, 0) is 42.3 Å². The van der Waals surface area contributed by atoms with Crippen LogP contribution in [0.25, 0.3) is 0 Å². The smallest absolute Gasteiger partial charge is 0.412 e. The summed E-state index contributed by atoms with van der Waals surface area (Å²) in [5.74, 6) is 0. The van der Waals surface area contributed by atoms with E-state index < -0.39 is 15.6 Å². The number of hydrogen-bond donors (Lipinski definition) is 0. The molecule has 0 aromatic carbocycles. The van der Waals surface area contributed by atoms with Crippen LogP contribution < -0.4 is 0 Å². The van der Waals surface area contributed by atoms with Crippen LogP contribution in [-0.4, -0.2) is 167 Å². The molecule has 0 saturated carbocycles. The molecule has 43 heavy (non-hydrogen) atoms. The second-order valence-electron chi connectivity index (χ2n) is 9.74. The maximum absolute atomic E-state index is 10.7. The van der Waals surface area contributed by atoms with Gasteiger partial charge in [0, 0.05) is 78.5 Å². The topological polar surface area (TPSA) is 114 Å². The van der Waals surface area contributed by atoms with Gasteiger partial charge in [-0.15, -0.1) is 0 Å². The van der Waals surface area contributed by atoms with E-state index in [0.29, 0.717) is 0 Å². The molecule has 2 aliphatic rings. The Morgan fingerprint density at radius 1 is 0.279 bits per heavy atom. The first-order valence-corrected chi connectivity index (χ1v) is 15.6. The third kappa shape index (κ3) is 75.0. The largest absolute Gasteiger partial charge is 3.00 e. The molecule has 272 valence electrons. The number of hydrogen-bond acceptors (Lipinski definition) is 6. The number of rotatable bonds is 0. The molecular formula is C18H48F12Mn2N6O3P2+4. The van der Waals surface area contributed by atoms with Crippen LogP contribution >= 0.6 is 15.6 Å². The summed E-state index contributed by atoms with van der Waals surface area (Å²) in [5, 5.41) is 0. The van der Waals surface area contributed by atoms with Crippen LogP contribution in [0.2, 0.25) is 0 Å². The Hall–Kier alpha value is 0.699. The summed E-state index contributed by atoms with van der Waals surface area (Å²) in [6.07, 6.45) is 0. The van der Waals surface area contributed by atoms with Gasteiger partial charge in [-0.2, -0.15) is 0 Å². The van der Waals surface area contributed by atoms with Crippen molar-refractivity contribution in [1.82, 2.24) is 29.4 Å². The van der Waals surface area contributed by atoms with E-state index in [1.165, 1.54) is 78.5 Å². The minimum atomic E-state index is -10.7. The molecule has 9 nitrogen and oxygen atoms in total. The summed E-state index contributed by atoms with van der Waals surface area (Å²) in [5.41, 5.74) is 0. The minimum Gasteiger partial charge on any atom is -0.412 e. The van der Waals surface area contributed by atoms with Gasteiger partial charge in [0.2, 0.25) is 0 Å². The van der Waals surface area contributed by atoms with Crippen LogP contribution in [0.3, 0.4) is 0 Å². The van der Waals surface area contributed by atoms with Gasteiger partial charge < -0.3 is 45.8 Å². The Labute approximate surface area is 266 Å². The molecule has 0 bridgehead atoms. The maximum Gasteiger partial charge on any atom is 3.00 e. The fraction of sp³-hybridized carbons (Fsp3) is 1.00. The van der Waals surface area contributed by atoms with Crippen molar-refractivity contribution in [3.05, 3.63) is 0 Å². The average molecular weight is 796 g/mol. The average Bonchev–Trinajstić information content (AvgIpc) is 2.76. The number of likely N-dealkylation sites (N-methyl/N-ethyl adjacent to an activating group) is 6. The molecule has 0 aliphatic carbocycles. The van der Waals surface area contributed by atoms with Crippen LogP contribution in [0, 0.1) is 0 Å². The van der Waals surface area contributed by atoms with E-state index in [0.717, 1.165) is 0 Å². The van der Waals surface area contributed by atoms with Crippen molar-refractivity contribution < 1.29 is 101 Å². The van der Waals surface area contributed by atoms with E-state index in [-0.39, 0.29) is 50.6 Å². The second-order valence-corrected chi connectivity index (χ2v) is 13.6. The molecule has 0 aromatic rings. The molecule has 0 amide bonds. The normalized spacial score (nSPS) is 22.2. The molecule has 2 saturated heterocycles. The van der Waals surface area contributed by atoms with Gasteiger partial charge in [0.15, 0.2) is 0 Å². The van der Waals surface area contributed by atoms with Crippen LogP contribution in [0.5, 0.6) is 0 Å².